The Morgan fingerprint density at radius 3 is 2.45 bits per heavy atom. The van der Waals surface area contributed by atoms with Gasteiger partial charge in [0.25, 0.3) is 0 Å². The number of nitrogens with one attached hydrogen (secondary N) is 1. The van der Waals surface area contributed by atoms with E-state index in [1.165, 1.54) is 18.2 Å². The van der Waals surface area contributed by atoms with Crippen molar-refractivity contribution in [3.05, 3.63) is 28.2 Å². The van der Waals surface area contributed by atoms with E-state index in [0.717, 1.165) is 0 Å². The zero-order valence-electron chi connectivity index (χ0n) is 10.9. The minimum atomic E-state index is -4.05. The predicted octanol–water partition coefficient (Wildman–Crippen LogP) is 2.77. The van der Waals surface area contributed by atoms with Gasteiger partial charge in [-0.2, -0.15) is 4.72 Å². The number of carboxylic acid groups (broad SMARTS) is 1. The lowest BCUT2D eigenvalue weighted by Gasteiger charge is -2.17. The number of hydrogen-bond donors (Lipinski definition) is 2. The lowest BCUT2D eigenvalue weighted by molar-refractivity contribution is -0.139. The third kappa shape index (κ3) is 4.34. The number of carbonyl (C=O) groups is 1. The smallest absolute Gasteiger partial charge is 0.321 e. The lowest BCUT2D eigenvalue weighted by atomic mass is 10.1. The van der Waals surface area contributed by atoms with Crippen molar-refractivity contribution in [2.75, 3.05) is 0 Å². The van der Waals surface area contributed by atoms with Crippen LogP contribution in [0.3, 0.4) is 0 Å². The summed E-state index contributed by atoms with van der Waals surface area (Å²) in [6.45, 7) is 3.60. The molecule has 1 rings (SSSR count). The third-order valence-electron chi connectivity index (χ3n) is 2.51. The normalized spacial score (nSPS) is 13.4. The first-order valence-corrected chi connectivity index (χ1v) is 8.08. The van der Waals surface area contributed by atoms with Crippen molar-refractivity contribution < 1.29 is 18.3 Å². The predicted molar refractivity (Wildman–Crippen MR) is 77.7 cm³/mol. The highest BCUT2D eigenvalue weighted by atomic mass is 35.5. The molecule has 20 heavy (non-hydrogen) atoms. The number of rotatable bonds is 6. The molecule has 5 nitrogen and oxygen atoms in total. The summed E-state index contributed by atoms with van der Waals surface area (Å²) in [6, 6.07) is 2.94. The molecule has 112 valence electrons. The minimum absolute atomic E-state index is 0.0219. The van der Waals surface area contributed by atoms with E-state index < -0.39 is 22.0 Å². The van der Waals surface area contributed by atoms with Crippen LogP contribution in [0.1, 0.15) is 20.3 Å². The van der Waals surface area contributed by atoms with Gasteiger partial charge in [0.1, 0.15) is 10.9 Å². The summed E-state index contributed by atoms with van der Waals surface area (Å²) in [5.74, 6) is -1.21. The second-order valence-electron chi connectivity index (χ2n) is 4.69. The molecule has 0 unspecified atom stereocenters. The van der Waals surface area contributed by atoms with Crippen LogP contribution in [0.5, 0.6) is 0 Å². The molecular formula is C12H15Cl2NO4S. The van der Waals surface area contributed by atoms with Crippen LogP contribution >= 0.6 is 23.2 Å². The van der Waals surface area contributed by atoms with E-state index in [4.69, 9.17) is 28.3 Å². The molecule has 0 spiro atoms. The summed E-state index contributed by atoms with van der Waals surface area (Å²) in [6.07, 6.45) is 0.173. The highest BCUT2D eigenvalue weighted by Crippen LogP contribution is 2.29. The SMILES string of the molecule is CC(C)C[C@@H](NS(=O)(=O)c1cccc(Cl)c1Cl)C(=O)O. The van der Waals surface area contributed by atoms with Crippen molar-refractivity contribution in [3.63, 3.8) is 0 Å². The van der Waals surface area contributed by atoms with E-state index in [-0.39, 0.29) is 27.3 Å². The van der Waals surface area contributed by atoms with Gasteiger partial charge in [-0.15, -0.1) is 0 Å². The van der Waals surface area contributed by atoms with Gasteiger partial charge in [-0.25, -0.2) is 8.42 Å². The summed E-state index contributed by atoms with van der Waals surface area (Å²) in [5.41, 5.74) is 0. The van der Waals surface area contributed by atoms with Crippen molar-refractivity contribution in [1.29, 1.82) is 0 Å². The van der Waals surface area contributed by atoms with E-state index in [9.17, 15) is 13.2 Å². The Kier molecular flexibility index (Phi) is 5.82. The van der Waals surface area contributed by atoms with Gasteiger partial charge >= 0.3 is 5.97 Å². The number of aliphatic carboxylic acids is 1. The van der Waals surface area contributed by atoms with Gasteiger partial charge in [-0.1, -0.05) is 43.1 Å². The van der Waals surface area contributed by atoms with Crippen LogP contribution in [-0.2, 0) is 14.8 Å². The molecule has 2 N–H and O–H groups in total. The van der Waals surface area contributed by atoms with Gasteiger partial charge in [-0.3, -0.25) is 4.79 Å². The molecular weight excluding hydrogens is 325 g/mol. The minimum Gasteiger partial charge on any atom is -0.480 e. The maximum Gasteiger partial charge on any atom is 0.321 e. The molecule has 0 radical (unpaired) electrons. The Balaban J connectivity index is 3.10. The quantitative estimate of drug-likeness (QED) is 0.834. The maximum atomic E-state index is 12.2. The first-order valence-electron chi connectivity index (χ1n) is 5.84. The van der Waals surface area contributed by atoms with Gasteiger partial charge in [0.05, 0.1) is 10.0 Å². The fraction of sp³-hybridized carbons (Fsp3) is 0.417. The Labute approximate surface area is 127 Å². The average molecular weight is 340 g/mol. The molecule has 8 heteroatoms. The van der Waals surface area contributed by atoms with Crippen molar-refractivity contribution in [2.24, 2.45) is 5.92 Å². The first-order chi connectivity index (χ1) is 9.15. The molecule has 0 aromatic heterocycles. The van der Waals surface area contributed by atoms with Gasteiger partial charge in [0.2, 0.25) is 10.0 Å². The van der Waals surface area contributed by atoms with Crippen LogP contribution in [0, 0.1) is 5.92 Å². The zero-order chi connectivity index (χ0) is 15.5. The van der Waals surface area contributed by atoms with Gasteiger partial charge in [0, 0.05) is 0 Å². The van der Waals surface area contributed by atoms with E-state index in [1.807, 2.05) is 0 Å². The molecule has 0 bridgehead atoms. The molecule has 1 atom stereocenters. The summed E-state index contributed by atoms with van der Waals surface area (Å²) >= 11 is 11.6. The third-order valence-corrected chi connectivity index (χ3v) is 4.95. The van der Waals surface area contributed by atoms with E-state index >= 15 is 0 Å². The number of carboxylic acids is 1. The van der Waals surface area contributed by atoms with Gasteiger partial charge in [0.15, 0.2) is 0 Å². The first kappa shape index (κ1) is 17.2. The fourth-order valence-electron chi connectivity index (χ4n) is 1.61. The zero-order valence-corrected chi connectivity index (χ0v) is 13.3. The second kappa shape index (κ2) is 6.76. The topological polar surface area (TPSA) is 83.5 Å². The summed E-state index contributed by atoms with van der Waals surface area (Å²) in [7, 11) is -4.05. The van der Waals surface area contributed by atoms with E-state index in [0.29, 0.717) is 0 Å². The largest absolute Gasteiger partial charge is 0.480 e. The summed E-state index contributed by atoms with van der Waals surface area (Å²) in [5, 5.41) is 9.03. The molecule has 0 aliphatic rings. The van der Waals surface area contributed by atoms with E-state index in [2.05, 4.69) is 4.72 Å². The van der Waals surface area contributed by atoms with E-state index in [1.54, 1.807) is 13.8 Å². The van der Waals surface area contributed by atoms with Crippen LogP contribution in [0.4, 0.5) is 0 Å². The Hall–Kier alpha value is -0.820. The average Bonchev–Trinajstić information content (AvgIpc) is 2.30. The number of hydrogen-bond acceptors (Lipinski definition) is 3. The Bertz CT molecular complexity index is 601. The number of benzene rings is 1. The van der Waals surface area contributed by atoms with Crippen molar-refractivity contribution in [2.45, 2.75) is 31.2 Å². The number of halogens is 2. The molecule has 0 aliphatic carbocycles. The van der Waals surface area contributed by atoms with Crippen LogP contribution in [0.15, 0.2) is 23.1 Å². The summed E-state index contributed by atoms with van der Waals surface area (Å²) < 4.78 is 26.5. The van der Waals surface area contributed by atoms with Crippen LogP contribution in [-0.4, -0.2) is 25.5 Å². The molecule has 0 fully saturated rings. The molecule has 0 heterocycles. The number of sulfonamides is 1. The molecule has 0 saturated heterocycles. The van der Waals surface area contributed by atoms with Crippen molar-refractivity contribution >= 4 is 39.2 Å². The standard InChI is InChI=1S/C12H15Cl2NO4S/c1-7(2)6-9(12(16)17)15-20(18,19)10-5-3-4-8(13)11(10)14/h3-5,7,9,15H,6H2,1-2H3,(H,16,17)/t9-/m1/s1. The van der Waals surface area contributed by atoms with Crippen molar-refractivity contribution in [3.8, 4) is 0 Å². The van der Waals surface area contributed by atoms with Crippen LogP contribution < -0.4 is 4.72 Å². The lowest BCUT2D eigenvalue weighted by Crippen LogP contribution is -2.41. The molecule has 0 aliphatic heterocycles. The second-order valence-corrected chi connectivity index (χ2v) is 7.16. The van der Waals surface area contributed by atoms with Gasteiger partial charge < -0.3 is 5.11 Å². The Morgan fingerprint density at radius 2 is 1.95 bits per heavy atom. The fourth-order valence-corrected chi connectivity index (χ4v) is 3.58. The molecule has 0 amide bonds. The highest BCUT2D eigenvalue weighted by molar-refractivity contribution is 7.89. The molecule has 1 aromatic rings. The summed E-state index contributed by atoms with van der Waals surface area (Å²) in [4.78, 5) is 10.9. The van der Waals surface area contributed by atoms with Crippen LogP contribution in [0.2, 0.25) is 10.0 Å². The monoisotopic (exact) mass is 339 g/mol. The Morgan fingerprint density at radius 1 is 1.35 bits per heavy atom. The maximum absolute atomic E-state index is 12.2. The van der Waals surface area contributed by atoms with Gasteiger partial charge in [-0.05, 0) is 24.5 Å². The molecule has 1 aromatic carbocycles. The molecule has 0 saturated carbocycles. The van der Waals surface area contributed by atoms with Crippen LogP contribution in [0.25, 0.3) is 0 Å². The van der Waals surface area contributed by atoms with Crippen molar-refractivity contribution in [1.82, 2.24) is 4.72 Å². The highest BCUT2D eigenvalue weighted by Gasteiger charge is 2.28.